The molecule has 1 N–H and O–H groups in total. The largest absolute Gasteiger partial charge is 0.354 e. The van der Waals surface area contributed by atoms with Crippen molar-refractivity contribution in [1.29, 1.82) is 0 Å². The Kier molecular flexibility index (Phi) is 4.81. The Balaban J connectivity index is 2.14. The third-order valence-corrected chi connectivity index (χ3v) is 4.41. The van der Waals surface area contributed by atoms with E-state index >= 15 is 0 Å². The molecule has 1 aromatic heterocycles. The number of nitrogens with zero attached hydrogens (tertiary/aromatic N) is 2. The lowest BCUT2D eigenvalue weighted by Gasteiger charge is -2.39. The summed E-state index contributed by atoms with van der Waals surface area (Å²) in [6, 6.07) is 5.01. The highest BCUT2D eigenvalue weighted by molar-refractivity contribution is 5.43. The topological polar surface area (TPSA) is 28.2 Å². The summed E-state index contributed by atoms with van der Waals surface area (Å²) in [6.07, 6.45) is 2.63. The smallest absolute Gasteiger partial charge is 0.129 e. The van der Waals surface area contributed by atoms with Gasteiger partial charge in [0.25, 0.3) is 0 Å². The van der Waals surface area contributed by atoms with Crippen molar-refractivity contribution in [1.82, 2.24) is 10.3 Å². The van der Waals surface area contributed by atoms with Crippen molar-refractivity contribution in [2.75, 3.05) is 18.0 Å². The van der Waals surface area contributed by atoms with Crippen molar-refractivity contribution in [3.05, 3.63) is 23.4 Å². The van der Waals surface area contributed by atoms with Gasteiger partial charge in [-0.15, -0.1) is 0 Å². The first-order chi connectivity index (χ1) is 9.13. The van der Waals surface area contributed by atoms with E-state index in [9.17, 15) is 0 Å². The minimum Gasteiger partial charge on any atom is -0.354 e. The molecular formula is C16H27N3. The maximum absolute atomic E-state index is 4.82. The molecule has 1 aliphatic heterocycles. The highest BCUT2D eigenvalue weighted by atomic mass is 15.2. The Hall–Kier alpha value is -1.09. The first-order valence-corrected chi connectivity index (χ1v) is 7.57. The molecule has 0 radical (unpaired) electrons. The second-order valence-electron chi connectivity index (χ2n) is 5.75. The molecule has 1 saturated heterocycles. The highest BCUT2D eigenvalue weighted by Gasteiger charge is 2.25. The molecule has 1 aromatic rings. The van der Waals surface area contributed by atoms with Crippen LogP contribution in [-0.4, -0.2) is 24.1 Å². The van der Waals surface area contributed by atoms with Crippen molar-refractivity contribution >= 4 is 5.82 Å². The number of nitrogens with one attached hydrogen (secondary N) is 1. The van der Waals surface area contributed by atoms with Gasteiger partial charge in [0, 0.05) is 24.8 Å². The summed E-state index contributed by atoms with van der Waals surface area (Å²) in [4.78, 5) is 7.29. The van der Waals surface area contributed by atoms with Gasteiger partial charge in [-0.2, -0.15) is 0 Å². The summed E-state index contributed by atoms with van der Waals surface area (Å²) in [5, 5.41) is 3.37. The van der Waals surface area contributed by atoms with Gasteiger partial charge in [-0.25, -0.2) is 4.98 Å². The molecule has 0 spiro atoms. The monoisotopic (exact) mass is 261 g/mol. The van der Waals surface area contributed by atoms with Crippen LogP contribution in [0.25, 0.3) is 0 Å². The van der Waals surface area contributed by atoms with Crippen LogP contribution in [0.15, 0.2) is 12.1 Å². The quantitative estimate of drug-likeness (QED) is 0.902. The molecule has 2 rings (SSSR count). The molecule has 0 amide bonds. The normalized spacial score (nSPS) is 23.7. The lowest BCUT2D eigenvalue weighted by atomic mass is 9.92. The van der Waals surface area contributed by atoms with Gasteiger partial charge in [-0.3, -0.25) is 0 Å². The molecule has 106 valence electrons. The van der Waals surface area contributed by atoms with E-state index in [-0.39, 0.29) is 0 Å². The Morgan fingerprint density at radius 1 is 1.37 bits per heavy atom. The SMILES string of the molecule is CCNCc1ccc(N2CCCC(C)C2C)nc1C. The van der Waals surface area contributed by atoms with Gasteiger partial charge in [0.2, 0.25) is 0 Å². The Bertz CT molecular complexity index is 416. The first kappa shape index (κ1) is 14.3. The van der Waals surface area contributed by atoms with E-state index in [1.54, 1.807) is 0 Å². The van der Waals surface area contributed by atoms with E-state index in [1.807, 2.05) is 0 Å². The second-order valence-corrected chi connectivity index (χ2v) is 5.75. The van der Waals surface area contributed by atoms with E-state index in [2.05, 4.69) is 50.0 Å². The molecule has 0 bridgehead atoms. The Morgan fingerprint density at radius 2 is 2.16 bits per heavy atom. The third-order valence-electron chi connectivity index (χ3n) is 4.41. The van der Waals surface area contributed by atoms with Crippen molar-refractivity contribution in [2.45, 2.75) is 53.1 Å². The van der Waals surface area contributed by atoms with Gasteiger partial charge in [0.05, 0.1) is 0 Å². The van der Waals surface area contributed by atoms with E-state index in [1.165, 1.54) is 18.4 Å². The van der Waals surface area contributed by atoms with Gasteiger partial charge in [-0.1, -0.05) is 19.9 Å². The fraction of sp³-hybridized carbons (Fsp3) is 0.688. The number of anilines is 1. The predicted molar refractivity (Wildman–Crippen MR) is 81.6 cm³/mol. The summed E-state index contributed by atoms with van der Waals surface area (Å²) in [5.41, 5.74) is 2.46. The van der Waals surface area contributed by atoms with Crippen LogP contribution < -0.4 is 10.2 Å². The Labute approximate surface area is 117 Å². The van der Waals surface area contributed by atoms with Crippen LogP contribution in [0, 0.1) is 12.8 Å². The maximum atomic E-state index is 4.82. The number of rotatable bonds is 4. The van der Waals surface area contributed by atoms with Crippen molar-refractivity contribution in [3.63, 3.8) is 0 Å². The highest BCUT2D eigenvalue weighted by Crippen LogP contribution is 2.27. The van der Waals surface area contributed by atoms with Crippen LogP contribution >= 0.6 is 0 Å². The number of piperidine rings is 1. The average Bonchev–Trinajstić information content (AvgIpc) is 2.40. The molecule has 0 aliphatic carbocycles. The van der Waals surface area contributed by atoms with Gasteiger partial charge >= 0.3 is 0 Å². The van der Waals surface area contributed by atoms with Crippen LogP contribution in [-0.2, 0) is 6.54 Å². The second kappa shape index (κ2) is 6.38. The molecule has 19 heavy (non-hydrogen) atoms. The van der Waals surface area contributed by atoms with Gasteiger partial charge in [0.15, 0.2) is 0 Å². The fourth-order valence-electron chi connectivity index (χ4n) is 2.84. The molecular weight excluding hydrogens is 234 g/mol. The maximum Gasteiger partial charge on any atom is 0.129 e. The van der Waals surface area contributed by atoms with E-state index in [4.69, 9.17) is 4.98 Å². The Morgan fingerprint density at radius 3 is 2.84 bits per heavy atom. The van der Waals surface area contributed by atoms with Crippen molar-refractivity contribution in [3.8, 4) is 0 Å². The van der Waals surface area contributed by atoms with Crippen LogP contribution in [0.2, 0.25) is 0 Å². The molecule has 1 aliphatic rings. The minimum absolute atomic E-state index is 0.597. The van der Waals surface area contributed by atoms with Crippen LogP contribution in [0.3, 0.4) is 0 Å². The van der Waals surface area contributed by atoms with Gasteiger partial charge in [0.1, 0.15) is 5.82 Å². The van der Waals surface area contributed by atoms with Gasteiger partial charge in [-0.05, 0) is 50.8 Å². The number of hydrogen-bond acceptors (Lipinski definition) is 3. The molecule has 0 saturated carbocycles. The number of aryl methyl sites for hydroxylation is 1. The molecule has 2 heterocycles. The number of pyridine rings is 1. The summed E-state index contributed by atoms with van der Waals surface area (Å²) < 4.78 is 0. The molecule has 3 heteroatoms. The standard InChI is InChI=1S/C16H27N3/c1-5-17-11-15-8-9-16(18-13(15)3)19-10-6-7-12(2)14(19)4/h8-9,12,14,17H,5-7,10-11H2,1-4H3. The third kappa shape index (κ3) is 3.27. The predicted octanol–water partition coefficient (Wildman–Crippen LogP) is 3.12. The van der Waals surface area contributed by atoms with E-state index < -0.39 is 0 Å². The van der Waals surface area contributed by atoms with E-state index in [0.29, 0.717) is 6.04 Å². The summed E-state index contributed by atoms with van der Waals surface area (Å²) in [7, 11) is 0. The summed E-state index contributed by atoms with van der Waals surface area (Å²) >= 11 is 0. The van der Waals surface area contributed by atoms with Crippen LogP contribution in [0.4, 0.5) is 5.82 Å². The van der Waals surface area contributed by atoms with Crippen LogP contribution in [0.5, 0.6) is 0 Å². The zero-order valence-corrected chi connectivity index (χ0v) is 12.7. The lowest BCUT2D eigenvalue weighted by Crippen LogP contribution is -2.43. The van der Waals surface area contributed by atoms with Crippen molar-refractivity contribution in [2.24, 2.45) is 5.92 Å². The number of aromatic nitrogens is 1. The molecule has 0 aromatic carbocycles. The zero-order valence-electron chi connectivity index (χ0n) is 12.7. The summed E-state index contributed by atoms with van der Waals surface area (Å²) in [6.45, 7) is 12.0. The molecule has 3 nitrogen and oxygen atoms in total. The fourth-order valence-corrected chi connectivity index (χ4v) is 2.84. The number of hydrogen-bond donors (Lipinski definition) is 1. The van der Waals surface area contributed by atoms with Crippen LogP contribution in [0.1, 0.15) is 44.9 Å². The molecule has 1 fully saturated rings. The zero-order chi connectivity index (χ0) is 13.8. The first-order valence-electron chi connectivity index (χ1n) is 7.57. The molecule has 2 unspecified atom stereocenters. The van der Waals surface area contributed by atoms with E-state index in [0.717, 1.165) is 37.1 Å². The molecule has 2 atom stereocenters. The average molecular weight is 261 g/mol. The van der Waals surface area contributed by atoms with Crippen molar-refractivity contribution < 1.29 is 0 Å². The lowest BCUT2D eigenvalue weighted by molar-refractivity contribution is 0.361. The summed E-state index contributed by atoms with van der Waals surface area (Å²) in [5.74, 6) is 1.91. The van der Waals surface area contributed by atoms with Gasteiger partial charge < -0.3 is 10.2 Å². The minimum atomic E-state index is 0.597.